The fraction of sp³-hybridized carbons (Fsp3) is 0.711. The van der Waals surface area contributed by atoms with Crippen LogP contribution in [0.15, 0.2) is 60.8 Å². The number of rotatable bonds is 36. The molecule has 0 N–H and O–H groups in total. The van der Waals surface area contributed by atoms with E-state index in [4.69, 9.17) is 14.2 Å². The summed E-state index contributed by atoms with van der Waals surface area (Å²) in [7, 11) is 0. The van der Waals surface area contributed by atoms with Crippen LogP contribution in [0.5, 0.6) is 0 Å². The summed E-state index contributed by atoms with van der Waals surface area (Å²) < 4.78 is 16.5. The normalized spacial score (nSPS) is 12.6. The lowest BCUT2D eigenvalue weighted by Gasteiger charge is -2.18. The lowest BCUT2D eigenvalue weighted by atomic mass is 10.1. The van der Waals surface area contributed by atoms with Gasteiger partial charge in [0.2, 0.25) is 0 Å². The van der Waals surface area contributed by atoms with Gasteiger partial charge in [0.15, 0.2) is 6.10 Å². The van der Waals surface area contributed by atoms with Gasteiger partial charge in [-0.05, 0) is 83.5 Å². The molecular formula is C45H76O6. The predicted octanol–water partition coefficient (Wildman–Crippen LogP) is 13.0. The van der Waals surface area contributed by atoms with Crippen LogP contribution >= 0.6 is 0 Å². The van der Waals surface area contributed by atoms with E-state index in [9.17, 15) is 14.4 Å². The molecule has 0 rings (SSSR count). The van der Waals surface area contributed by atoms with Crippen molar-refractivity contribution in [1.82, 2.24) is 0 Å². The summed E-state index contributed by atoms with van der Waals surface area (Å²) in [6.07, 6.45) is 46.6. The summed E-state index contributed by atoms with van der Waals surface area (Å²) in [5.74, 6) is -1.07. The summed E-state index contributed by atoms with van der Waals surface area (Å²) in [5, 5.41) is 0. The van der Waals surface area contributed by atoms with E-state index in [0.29, 0.717) is 12.8 Å². The molecule has 0 saturated carbocycles. The van der Waals surface area contributed by atoms with Crippen molar-refractivity contribution in [3.63, 3.8) is 0 Å². The number of hydrogen-bond acceptors (Lipinski definition) is 6. The third-order valence-electron chi connectivity index (χ3n) is 8.51. The molecule has 0 aromatic heterocycles. The summed E-state index contributed by atoms with van der Waals surface area (Å²) in [6.45, 7) is 6.33. The molecule has 1 unspecified atom stereocenters. The lowest BCUT2D eigenvalue weighted by Crippen LogP contribution is -2.30. The fourth-order valence-corrected chi connectivity index (χ4v) is 5.37. The van der Waals surface area contributed by atoms with Gasteiger partial charge in [-0.15, -0.1) is 0 Å². The molecule has 6 nitrogen and oxygen atoms in total. The number of allylic oxidation sites excluding steroid dienone is 9. The molecule has 0 amide bonds. The highest BCUT2D eigenvalue weighted by molar-refractivity contribution is 5.72. The standard InChI is InChI=1S/C45H76O6/c1-4-7-10-13-16-19-21-23-26-29-32-35-38-44(47)50-41-42(40-49-43(46)37-34-31-28-25-18-15-12-9-6-3)51-45(48)39-36-33-30-27-24-22-20-17-14-11-8-5-2/h9,12,16-20,25,31,34,42H,4-8,10-11,13-15,21-24,26-30,32-33,35-41H2,1-3H3/b12-9-,19-16-,20-17-,25-18-,34-31-. The molecule has 292 valence electrons. The van der Waals surface area contributed by atoms with Crippen molar-refractivity contribution in [2.24, 2.45) is 0 Å². The Hall–Kier alpha value is -2.89. The molecule has 1 atom stereocenters. The van der Waals surface area contributed by atoms with Gasteiger partial charge in [0.1, 0.15) is 13.2 Å². The maximum absolute atomic E-state index is 12.6. The van der Waals surface area contributed by atoms with Gasteiger partial charge in [-0.3, -0.25) is 14.4 Å². The highest BCUT2D eigenvalue weighted by atomic mass is 16.6. The number of unbranched alkanes of at least 4 members (excludes halogenated alkanes) is 16. The van der Waals surface area contributed by atoms with Crippen molar-refractivity contribution in [3.8, 4) is 0 Å². The quantitative estimate of drug-likeness (QED) is 0.0278. The Labute approximate surface area is 313 Å². The number of esters is 3. The van der Waals surface area contributed by atoms with E-state index in [2.05, 4.69) is 69.4 Å². The second kappa shape index (κ2) is 39.9. The van der Waals surface area contributed by atoms with Crippen LogP contribution in [-0.4, -0.2) is 37.2 Å². The van der Waals surface area contributed by atoms with E-state index >= 15 is 0 Å². The maximum atomic E-state index is 12.6. The average Bonchev–Trinajstić information content (AvgIpc) is 3.12. The van der Waals surface area contributed by atoms with Crippen molar-refractivity contribution in [2.75, 3.05) is 13.2 Å². The van der Waals surface area contributed by atoms with E-state index in [-0.39, 0.29) is 31.6 Å². The summed E-state index contributed by atoms with van der Waals surface area (Å²) in [4.78, 5) is 37.4. The Kier molecular flexibility index (Phi) is 37.6. The molecule has 51 heavy (non-hydrogen) atoms. The summed E-state index contributed by atoms with van der Waals surface area (Å²) >= 11 is 0. The minimum atomic E-state index is -0.812. The molecule has 6 heteroatoms. The molecule has 0 aliphatic carbocycles. The highest BCUT2D eigenvalue weighted by Gasteiger charge is 2.19. The Balaban J connectivity index is 4.48. The summed E-state index contributed by atoms with van der Waals surface area (Å²) in [6, 6.07) is 0. The lowest BCUT2D eigenvalue weighted by molar-refractivity contribution is -0.166. The number of ether oxygens (including phenoxy) is 3. The first-order valence-electron chi connectivity index (χ1n) is 20.8. The van der Waals surface area contributed by atoms with Crippen molar-refractivity contribution in [1.29, 1.82) is 0 Å². The van der Waals surface area contributed by atoms with E-state index in [1.807, 2.05) is 6.08 Å². The highest BCUT2D eigenvalue weighted by Crippen LogP contribution is 2.12. The van der Waals surface area contributed by atoms with Gasteiger partial charge in [0, 0.05) is 12.8 Å². The molecule has 0 aromatic carbocycles. The molecule has 0 aliphatic heterocycles. The van der Waals surface area contributed by atoms with Crippen molar-refractivity contribution < 1.29 is 28.6 Å². The number of hydrogen-bond donors (Lipinski definition) is 0. The molecule has 0 saturated heterocycles. The average molecular weight is 713 g/mol. The van der Waals surface area contributed by atoms with E-state index < -0.39 is 12.1 Å². The van der Waals surface area contributed by atoms with Crippen LogP contribution in [0.25, 0.3) is 0 Å². The molecular weight excluding hydrogens is 636 g/mol. The number of carbonyl (C=O) groups is 3. The van der Waals surface area contributed by atoms with Gasteiger partial charge in [-0.25, -0.2) is 0 Å². The van der Waals surface area contributed by atoms with Gasteiger partial charge in [0.05, 0.1) is 6.42 Å². The Morgan fingerprint density at radius 1 is 0.431 bits per heavy atom. The molecule has 0 fully saturated rings. The van der Waals surface area contributed by atoms with E-state index in [1.165, 1.54) is 64.2 Å². The third kappa shape index (κ3) is 38.2. The van der Waals surface area contributed by atoms with E-state index in [1.54, 1.807) is 6.08 Å². The van der Waals surface area contributed by atoms with Gasteiger partial charge in [-0.2, -0.15) is 0 Å². The molecule has 0 aliphatic rings. The van der Waals surface area contributed by atoms with Crippen LogP contribution in [0, 0.1) is 0 Å². The van der Waals surface area contributed by atoms with Crippen LogP contribution in [0.1, 0.15) is 188 Å². The Morgan fingerprint density at radius 3 is 1.35 bits per heavy atom. The zero-order valence-electron chi connectivity index (χ0n) is 33.1. The second-order valence-electron chi connectivity index (χ2n) is 13.5. The monoisotopic (exact) mass is 713 g/mol. The van der Waals surface area contributed by atoms with Gasteiger partial charge in [-0.1, -0.05) is 146 Å². The van der Waals surface area contributed by atoms with Crippen molar-refractivity contribution in [3.05, 3.63) is 60.8 Å². The summed E-state index contributed by atoms with van der Waals surface area (Å²) in [5.41, 5.74) is 0. The molecule has 0 spiro atoms. The third-order valence-corrected chi connectivity index (χ3v) is 8.51. The number of carbonyl (C=O) groups excluding carboxylic acids is 3. The second-order valence-corrected chi connectivity index (χ2v) is 13.5. The van der Waals surface area contributed by atoms with Gasteiger partial charge < -0.3 is 14.2 Å². The molecule has 0 radical (unpaired) electrons. The van der Waals surface area contributed by atoms with E-state index in [0.717, 1.165) is 83.5 Å². The smallest absolute Gasteiger partial charge is 0.309 e. The largest absolute Gasteiger partial charge is 0.462 e. The molecule has 0 bridgehead atoms. The minimum absolute atomic E-state index is 0.110. The Morgan fingerprint density at radius 2 is 0.843 bits per heavy atom. The SMILES string of the molecule is CC/C=C\C/C=C\C/C=C\CC(=O)OCC(COC(=O)CCCCCCC/C=C\CCCCC)OC(=O)CCCCCCC/C=C\CCCCC. The van der Waals surface area contributed by atoms with Crippen LogP contribution in [-0.2, 0) is 28.6 Å². The molecule has 0 heterocycles. The first-order valence-corrected chi connectivity index (χ1v) is 20.8. The van der Waals surface area contributed by atoms with Crippen LogP contribution in [0.2, 0.25) is 0 Å². The fourth-order valence-electron chi connectivity index (χ4n) is 5.37. The van der Waals surface area contributed by atoms with Crippen LogP contribution < -0.4 is 0 Å². The predicted molar refractivity (Wildman–Crippen MR) is 215 cm³/mol. The topological polar surface area (TPSA) is 78.9 Å². The zero-order chi connectivity index (χ0) is 37.3. The van der Waals surface area contributed by atoms with Crippen LogP contribution in [0.3, 0.4) is 0 Å². The van der Waals surface area contributed by atoms with Gasteiger partial charge in [0.25, 0.3) is 0 Å². The minimum Gasteiger partial charge on any atom is -0.462 e. The van der Waals surface area contributed by atoms with Crippen LogP contribution in [0.4, 0.5) is 0 Å². The Bertz CT molecular complexity index is 960. The first kappa shape index (κ1) is 48.1. The van der Waals surface area contributed by atoms with Crippen molar-refractivity contribution >= 4 is 17.9 Å². The van der Waals surface area contributed by atoms with Gasteiger partial charge >= 0.3 is 17.9 Å². The maximum Gasteiger partial charge on any atom is 0.309 e. The first-order chi connectivity index (χ1) is 25.0. The van der Waals surface area contributed by atoms with Crippen molar-refractivity contribution in [2.45, 2.75) is 194 Å². The molecule has 0 aromatic rings. The zero-order valence-corrected chi connectivity index (χ0v) is 33.1.